The first-order chi connectivity index (χ1) is 5.65. The number of phenols is 1. The normalized spacial score (nSPS) is 9.08. The Morgan fingerprint density at radius 1 is 1.33 bits per heavy atom. The van der Waals surface area contributed by atoms with E-state index in [4.69, 9.17) is 20.4 Å². The molecule has 60 valence electrons. The zero-order valence-corrected chi connectivity index (χ0v) is 6.10. The maximum absolute atomic E-state index is 9.12. The lowest BCUT2D eigenvalue weighted by Crippen LogP contribution is -2.29. The van der Waals surface area contributed by atoms with Gasteiger partial charge in [-0.2, -0.15) is 5.26 Å². The fraction of sp³-hybridized carbons (Fsp3) is 0. The Bertz CT molecular complexity index is 332. The maximum atomic E-state index is 9.12. The minimum atomic E-state index is -1.71. The summed E-state index contributed by atoms with van der Waals surface area (Å²) in [6.45, 7) is 0. The third-order valence-electron chi connectivity index (χ3n) is 1.44. The second-order valence-electron chi connectivity index (χ2n) is 2.26. The molecule has 0 atom stereocenters. The molecule has 0 fully saturated rings. The van der Waals surface area contributed by atoms with Crippen LogP contribution in [0.25, 0.3) is 0 Å². The van der Waals surface area contributed by atoms with Gasteiger partial charge >= 0.3 is 7.12 Å². The molecule has 1 rings (SSSR count). The number of benzene rings is 1. The van der Waals surface area contributed by atoms with Gasteiger partial charge in [0.2, 0.25) is 0 Å². The van der Waals surface area contributed by atoms with Crippen molar-refractivity contribution in [3.8, 4) is 11.8 Å². The lowest BCUT2D eigenvalue weighted by molar-refractivity contribution is 0.419. The Kier molecular flexibility index (Phi) is 2.33. The van der Waals surface area contributed by atoms with Gasteiger partial charge in [0.05, 0.1) is 11.6 Å². The van der Waals surface area contributed by atoms with Gasteiger partial charge in [-0.05, 0) is 12.1 Å². The molecule has 4 nitrogen and oxygen atoms in total. The molecule has 0 saturated heterocycles. The second-order valence-corrected chi connectivity index (χ2v) is 2.26. The fourth-order valence-electron chi connectivity index (χ4n) is 0.832. The fourth-order valence-corrected chi connectivity index (χ4v) is 0.832. The van der Waals surface area contributed by atoms with Crippen LogP contribution in [0.1, 0.15) is 5.56 Å². The molecule has 0 spiro atoms. The van der Waals surface area contributed by atoms with Gasteiger partial charge in [0.15, 0.2) is 0 Å². The summed E-state index contributed by atoms with van der Waals surface area (Å²) in [5.41, 5.74) is 0.269. The highest BCUT2D eigenvalue weighted by atomic mass is 16.4. The van der Waals surface area contributed by atoms with Crippen LogP contribution in [-0.2, 0) is 0 Å². The minimum absolute atomic E-state index is 0.00556. The SMILES string of the molecule is N#Cc1ccc(B(O)O)c(O)c1. The summed E-state index contributed by atoms with van der Waals surface area (Å²) in [7, 11) is -1.71. The lowest BCUT2D eigenvalue weighted by Gasteiger charge is -2.01. The molecule has 0 unspecified atom stereocenters. The van der Waals surface area contributed by atoms with Gasteiger partial charge in [-0.25, -0.2) is 0 Å². The molecular weight excluding hydrogens is 157 g/mol. The van der Waals surface area contributed by atoms with E-state index in [2.05, 4.69) is 0 Å². The van der Waals surface area contributed by atoms with Crippen LogP contribution < -0.4 is 5.46 Å². The molecule has 0 aromatic heterocycles. The summed E-state index contributed by atoms with van der Waals surface area (Å²) in [6.07, 6.45) is 0. The Morgan fingerprint density at radius 2 is 2.00 bits per heavy atom. The van der Waals surface area contributed by atoms with Crippen molar-refractivity contribution in [1.29, 1.82) is 5.26 Å². The van der Waals surface area contributed by atoms with E-state index in [1.54, 1.807) is 0 Å². The molecule has 0 aliphatic heterocycles. The van der Waals surface area contributed by atoms with E-state index in [0.717, 1.165) is 0 Å². The predicted octanol–water partition coefficient (Wildman–Crippen LogP) is -1.06. The van der Waals surface area contributed by atoms with Crippen LogP contribution in [0.5, 0.6) is 5.75 Å². The molecule has 0 heterocycles. The van der Waals surface area contributed by atoms with Gasteiger partial charge in [-0.3, -0.25) is 0 Å². The summed E-state index contributed by atoms with van der Waals surface area (Å²) in [5.74, 6) is -0.288. The molecule has 0 bridgehead atoms. The summed E-state index contributed by atoms with van der Waals surface area (Å²) in [4.78, 5) is 0. The number of phenolic OH excluding ortho intramolecular Hbond substituents is 1. The van der Waals surface area contributed by atoms with Gasteiger partial charge in [0, 0.05) is 5.46 Å². The van der Waals surface area contributed by atoms with Crippen molar-refractivity contribution in [1.82, 2.24) is 0 Å². The quantitative estimate of drug-likeness (QED) is 0.461. The van der Waals surface area contributed by atoms with Crippen LogP contribution in [0, 0.1) is 11.3 Å². The van der Waals surface area contributed by atoms with Gasteiger partial charge in [-0.1, -0.05) is 6.07 Å². The first-order valence-electron chi connectivity index (χ1n) is 3.24. The highest BCUT2D eigenvalue weighted by Crippen LogP contribution is 2.07. The molecule has 0 aliphatic carbocycles. The molecule has 1 aromatic rings. The van der Waals surface area contributed by atoms with Crippen LogP contribution in [0.15, 0.2) is 18.2 Å². The number of aromatic hydroxyl groups is 1. The maximum Gasteiger partial charge on any atom is 0.492 e. The Balaban J connectivity index is 3.14. The molecular formula is C7H6BNO3. The Hall–Kier alpha value is -1.51. The molecule has 0 aliphatic rings. The van der Waals surface area contributed by atoms with Crippen molar-refractivity contribution in [3.05, 3.63) is 23.8 Å². The molecule has 0 saturated carbocycles. The number of hydrogen-bond acceptors (Lipinski definition) is 4. The average molecular weight is 163 g/mol. The topological polar surface area (TPSA) is 84.5 Å². The molecule has 12 heavy (non-hydrogen) atoms. The number of rotatable bonds is 1. The van der Waals surface area contributed by atoms with E-state index in [1.807, 2.05) is 6.07 Å². The summed E-state index contributed by atoms with van der Waals surface area (Å²) >= 11 is 0. The van der Waals surface area contributed by atoms with Crippen LogP contribution in [0.4, 0.5) is 0 Å². The Morgan fingerprint density at radius 3 is 2.42 bits per heavy atom. The molecule has 0 radical (unpaired) electrons. The number of nitriles is 1. The lowest BCUT2D eigenvalue weighted by atomic mass is 9.79. The summed E-state index contributed by atoms with van der Waals surface area (Å²) < 4.78 is 0. The van der Waals surface area contributed by atoms with Gasteiger partial charge in [0.25, 0.3) is 0 Å². The highest BCUT2D eigenvalue weighted by molar-refractivity contribution is 6.59. The zero-order chi connectivity index (χ0) is 9.14. The average Bonchev–Trinajstić information content (AvgIpc) is 2.03. The van der Waals surface area contributed by atoms with Gasteiger partial charge in [0.1, 0.15) is 5.75 Å². The van der Waals surface area contributed by atoms with Gasteiger partial charge < -0.3 is 15.2 Å². The van der Waals surface area contributed by atoms with Crippen molar-refractivity contribution < 1.29 is 15.2 Å². The third kappa shape index (κ3) is 1.56. The van der Waals surface area contributed by atoms with Crippen molar-refractivity contribution in [2.45, 2.75) is 0 Å². The molecule has 0 amide bonds. The monoisotopic (exact) mass is 163 g/mol. The minimum Gasteiger partial charge on any atom is -0.508 e. The van der Waals surface area contributed by atoms with Gasteiger partial charge in [-0.15, -0.1) is 0 Å². The largest absolute Gasteiger partial charge is 0.508 e. The first kappa shape index (κ1) is 8.59. The first-order valence-corrected chi connectivity index (χ1v) is 3.24. The van der Waals surface area contributed by atoms with Crippen molar-refractivity contribution >= 4 is 12.6 Å². The van der Waals surface area contributed by atoms with E-state index in [0.29, 0.717) is 0 Å². The van der Waals surface area contributed by atoms with Crippen LogP contribution in [0.2, 0.25) is 0 Å². The standard InChI is InChI=1S/C7H6BNO3/c9-4-5-1-2-6(8(11)12)7(10)3-5/h1-3,10-12H. The number of nitrogens with zero attached hydrogens (tertiary/aromatic N) is 1. The third-order valence-corrected chi connectivity index (χ3v) is 1.44. The number of hydrogen-bond donors (Lipinski definition) is 3. The molecule has 1 aromatic carbocycles. The van der Waals surface area contributed by atoms with Crippen LogP contribution >= 0.6 is 0 Å². The summed E-state index contributed by atoms with van der Waals surface area (Å²) in [6, 6.07) is 5.67. The smallest absolute Gasteiger partial charge is 0.492 e. The van der Waals surface area contributed by atoms with Crippen molar-refractivity contribution in [3.63, 3.8) is 0 Å². The van der Waals surface area contributed by atoms with Crippen LogP contribution in [0.3, 0.4) is 0 Å². The van der Waals surface area contributed by atoms with E-state index in [9.17, 15) is 0 Å². The van der Waals surface area contributed by atoms with E-state index in [1.165, 1.54) is 18.2 Å². The zero-order valence-electron chi connectivity index (χ0n) is 6.10. The molecule has 3 N–H and O–H groups in total. The molecule has 5 heteroatoms. The van der Waals surface area contributed by atoms with E-state index >= 15 is 0 Å². The predicted molar refractivity (Wildman–Crippen MR) is 42.6 cm³/mol. The highest BCUT2D eigenvalue weighted by Gasteiger charge is 2.15. The van der Waals surface area contributed by atoms with Crippen molar-refractivity contribution in [2.24, 2.45) is 0 Å². The van der Waals surface area contributed by atoms with Crippen molar-refractivity contribution in [2.75, 3.05) is 0 Å². The Labute approximate surface area is 69.5 Å². The second kappa shape index (κ2) is 3.26. The van der Waals surface area contributed by atoms with E-state index in [-0.39, 0.29) is 16.8 Å². The van der Waals surface area contributed by atoms with Crippen LogP contribution in [-0.4, -0.2) is 22.3 Å². The summed E-state index contributed by atoms with van der Waals surface area (Å²) in [5, 5.41) is 34.9. The van der Waals surface area contributed by atoms with E-state index < -0.39 is 7.12 Å².